The van der Waals surface area contributed by atoms with Gasteiger partial charge in [-0.1, -0.05) is 26.0 Å². The fourth-order valence-electron chi connectivity index (χ4n) is 2.31. The summed E-state index contributed by atoms with van der Waals surface area (Å²) in [6.07, 6.45) is 0. The van der Waals surface area contributed by atoms with Crippen LogP contribution in [-0.2, 0) is 6.54 Å². The van der Waals surface area contributed by atoms with E-state index in [4.69, 9.17) is 0 Å². The second-order valence-corrected chi connectivity index (χ2v) is 7.09. The summed E-state index contributed by atoms with van der Waals surface area (Å²) >= 11 is 1.62. The number of anilines is 1. The molecule has 0 amide bonds. The van der Waals surface area contributed by atoms with Crippen LogP contribution in [0.25, 0.3) is 0 Å². The van der Waals surface area contributed by atoms with Crippen LogP contribution in [0.5, 0.6) is 0 Å². The molecule has 1 heterocycles. The van der Waals surface area contributed by atoms with Crippen molar-refractivity contribution in [2.45, 2.75) is 33.2 Å². The molecule has 0 spiro atoms. The van der Waals surface area contributed by atoms with Gasteiger partial charge in [-0.3, -0.25) is 10.1 Å². The highest BCUT2D eigenvalue weighted by Crippen LogP contribution is 2.22. The first kappa shape index (κ1) is 20.6. The van der Waals surface area contributed by atoms with Gasteiger partial charge in [-0.05, 0) is 18.9 Å². The normalized spacial score (nSPS) is 11.5. The third kappa shape index (κ3) is 6.52. The highest BCUT2D eigenvalue weighted by molar-refractivity contribution is 7.09. The SMILES string of the molecule is CCNC(=NCc1nc(C(C)C)cs1)NCCNc1ccccc1[N+](=O)[O-]. The smallest absolute Gasteiger partial charge is 0.292 e. The maximum atomic E-state index is 11.0. The van der Waals surface area contributed by atoms with Crippen molar-refractivity contribution in [3.8, 4) is 0 Å². The molecule has 2 rings (SSSR count). The summed E-state index contributed by atoms with van der Waals surface area (Å²) in [6, 6.07) is 6.61. The van der Waals surface area contributed by atoms with Gasteiger partial charge in [-0.25, -0.2) is 9.98 Å². The van der Waals surface area contributed by atoms with Gasteiger partial charge >= 0.3 is 0 Å². The van der Waals surface area contributed by atoms with Gasteiger partial charge in [0.05, 0.1) is 17.2 Å². The molecule has 0 bridgehead atoms. The molecular weight excluding hydrogens is 364 g/mol. The number of hydrogen-bond acceptors (Lipinski definition) is 6. The van der Waals surface area contributed by atoms with E-state index in [9.17, 15) is 10.1 Å². The highest BCUT2D eigenvalue weighted by Gasteiger charge is 2.11. The molecule has 0 atom stereocenters. The molecule has 8 nitrogen and oxygen atoms in total. The lowest BCUT2D eigenvalue weighted by Gasteiger charge is -2.12. The summed E-state index contributed by atoms with van der Waals surface area (Å²) in [5.74, 6) is 1.11. The van der Waals surface area contributed by atoms with E-state index in [2.05, 4.69) is 45.2 Å². The fourth-order valence-corrected chi connectivity index (χ4v) is 3.19. The average molecular weight is 391 g/mol. The summed E-state index contributed by atoms with van der Waals surface area (Å²) in [7, 11) is 0. The largest absolute Gasteiger partial charge is 0.378 e. The lowest BCUT2D eigenvalue weighted by molar-refractivity contribution is -0.384. The summed E-state index contributed by atoms with van der Waals surface area (Å²) in [4.78, 5) is 19.8. The molecule has 0 saturated carbocycles. The van der Waals surface area contributed by atoms with Gasteiger partial charge in [0.15, 0.2) is 5.96 Å². The molecule has 27 heavy (non-hydrogen) atoms. The van der Waals surface area contributed by atoms with Crippen molar-refractivity contribution < 1.29 is 4.92 Å². The van der Waals surface area contributed by atoms with Gasteiger partial charge in [0, 0.05) is 31.1 Å². The molecule has 1 aromatic carbocycles. The predicted octanol–water partition coefficient (Wildman–Crippen LogP) is 3.34. The molecule has 1 aromatic heterocycles. The summed E-state index contributed by atoms with van der Waals surface area (Å²) in [5.41, 5.74) is 1.68. The number of thiazole rings is 1. The molecule has 0 unspecified atom stereocenters. The second-order valence-electron chi connectivity index (χ2n) is 6.14. The first-order valence-electron chi connectivity index (χ1n) is 8.95. The molecule has 146 valence electrons. The monoisotopic (exact) mass is 390 g/mol. The van der Waals surface area contributed by atoms with Crippen molar-refractivity contribution in [2.24, 2.45) is 4.99 Å². The zero-order valence-electron chi connectivity index (χ0n) is 15.9. The van der Waals surface area contributed by atoms with Crippen molar-refractivity contribution in [3.05, 3.63) is 50.5 Å². The summed E-state index contributed by atoms with van der Waals surface area (Å²) in [5, 5.41) is 23.6. The lowest BCUT2D eigenvalue weighted by atomic mass is 10.2. The number of hydrogen-bond donors (Lipinski definition) is 3. The minimum atomic E-state index is -0.388. The van der Waals surface area contributed by atoms with Gasteiger partial charge < -0.3 is 16.0 Å². The minimum Gasteiger partial charge on any atom is -0.378 e. The number of nitrogens with one attached hydrogen (secondary N) is 3. The van der Waals surface area contributed by atoms with E-state index < -0.39 is 0 Å². The minimum absolute atomic E-state index is 0.0720. The predicted molar refractivity (Wildman–Crippen MR) is 111 cm³/mol. The Kier molecular flexibility index (Phi) is 8.00. The Morgan fingerprint density at radius 1 is 1.30 bits per heavy atom. The molecule has 2 aromatic rings. The van der Waals surface area contributed by atoms with Crippen molar-refractivity contribution in [1.29, 1.82) is 0 Å². The van der Waals surface area contributed by atoms with Crippen LogP contribution >= 0.6 is 11.3 Å². The molecule has 0 aliphatic rings. The van der Waals surface area contributed by atoms with Crippen LogP contribution in [0.4, 0.5) is 11.4 Å². The number of para-hydroxylation sites is 2. The standard InChI is InChI=1S/C18H26N6O2S/c1-4-19-18(22-11-17-23-15(12-27-17)13(2)3)21-10-9-20-14-7-5-6-8-16(14)24(25)26/h5-8,12-13,20H,4,9-11H2,1-3H3,(H2,19,21,22). The molecule has 0 aliphatic carbocycles. The zero-order chi connectivity index (χ0) is 19.6. The van der Waals surface area contributed by atoms with Gasteiger partial charge in [-0.2, -0.15) is 0 Å². The molecule has 0 radical (unpaired) electrons. The van der Waals surface area contributed by atoms with Crippen molar-refractivity contribution in [3.63, 3.8) is 0 Å². The van der Waals surface area contributed by atoms with Crippen LogP contribution < -0.4 is 16.0 Å². The van der Waals surface area contributed by atoms with Crippen molar-refractivity contribution >= 4 is 28.7 Å². The first-order chi connectivity index (χ1) is 13.0. The van der Waals surface area contributed by atoms with E-state index >= 15 is 0 Å². The fraction of sp³-hybridized carbons (Fsp3) is 0.444. The molecular formula is C18H26N6O2S. The molecule has 3 N–H and O–H groups in total. The van der Waals surface area contributed by atoms with E-state index in [0.717, 1.165) is 17.2 Å². The van der Waals surface area contributed by atoms with Gasteiger partial charge in [0.1, 0.15) is 10.7 Å². The Bertz CT molecular complexity index is 775. The van der Waals surface area contributed by atoms with Crippen LogP contribution in [0, 0.1) is 10.1 Å². The lowest BCUT2D eigenvalue weighted by Crippen LogP contribution is -2.39. The maximum Gasteiger partial charge on any atom is 0.292 e. The van der Waals surface area contributed by atoms with Crippen molar-refractivity contribution in [2.75, 3.05) is 25.0 Å². The number of nitro benzene ring substituents is 1. The number of aliphatic imine (C=N–C) groups is 1. The van der Waals surface area contributed by atoms with Gasteiger partial charge in [0.25, 0.3) is 5.69 Å². The quantitative estimate of drug-likeness (QED) is 0.199. The Labute approximate surface area is 163 Å². The molecule has 9 heteroatoms. The molecule has 0 fully saturated rings. The van der Waals surface area contributed by atoms with Crippen LogP contribution in [-0.4, -0.2) is 35.5 Å². The topological polar surface area (TPSA) is 104 Å². The Morgan fingerprint density at radius 3 is 2.74 bits per heavy atom. The number of nitrogens with zero attached hydrogens (tertiary/aromatic N) is 3. The molecule has 0 saturated heterocycles. The summed E-state index contributed by atoms with van der Waals surface area (Å²) < 4.78 is 0. The van der Waals surface area contributed by atoms with Crippen LogP contribution in [0.1, 0.15) is 37.4 Å². The van der Waals surface area contributed by atoms with Gasteiger partial charge in [-0.15, -0.1) is 11.3 Å². The van der Waals surface area contributed by atoms with Crippen LogP contribution in [0.3, 0.4) is 0 Å². The number of benzene rings is 1. The zero-order valence-corrected chi connectivity index (χ0v) is 16.7. The highest BCUT2D eigenvalue weighted by atomic mass is 32.1. The van der Waals surface area contributed by atoms with E-state index in [1.54, 1.807) is 29.5 Å². The van der Waals surface area contributed by atoms with E-state index in [-0.39, 0.29) is 10.6 Å². The number of nitro groups is 1. The molecule has 0 aliphatic heterocycles. The summed E-state index contributed by atoms with van der Waals surface area (Å²) in [6.45, 7) is 8.62. The van der Waals surface area contributed by atoms with Crippen molar-refractivity contribution in [1.82, 2.24) is 15.6 Å². The van der Waals surface area contributed by atoms with Crippen LogP contribution in [0.2, 0.25) is 0 Å². The van der Waals surface area contributed by atoms with Crippen LogP contribution in [0.15, 0.2) is 34.6 Å². The second kappa shape index (κ2) is 10.5. The Hall–Kier alpha value is -2.68. The van der Waals surface area contributed by atoms with E-state index in [1.165, 1.54) is 6.07 Å². The Balaban J connectivity index is 1.86. The number of rotatable bonds is 9. The third-order valence-corrected chi connectivity index (χ3v) is 4.56. The number of aromatic nitrogens is 1. The first-order valence-corrected chi connectivity index (χ1v) is 9.83. The number of guanidine groups is 1. The van der Waals surface area contributed by atoms with E-state index in [0.29, 0.717) is 37.2 Å². The Morgan fingerprint density at radius 2 is 2.07 bits per heavy atom. The van der Waals surface area contributed by atoms with E-state index in [1.807, 2.05) is 6.92 Å². The maximum absolute atomic E-state index is 11.0. The third-order valence-electron chi connectivity index (χ3n) is 3.71. The average Bonchev–Trinajstić information content (AvgIpc) is 3.12. The van der Waals surface area contributed by atoms with Gasteiger partial charge in [0.2, 0.25) is 0 Å².